The molecule has 0 saturated carbocycles. The second-order valence-corrected chi connectivity index (χ2v) is 7.20. The second-order valence-electron chi connectivity index (χ2n) is 7.20. The summed E-state index contributed by atoms with van der Waals surface area (Å²) in [6.07, 6.45) is 4.50. The van der Waals surface area contributed by atoms with E-state index < -0.39 is 0 Å². The number of piperidine rings is 1. The molecule has 1 aromatic heterocycles. The minimum absolute atomic E-state index is 0.401. The zero-order valence-electron chi connectivity index (χ0n) is 13.4. The maximum absolute atomic E-state index is 4.65. The van der Waals surface area contributed by atoms with Crippen LogP contribution in [0.1, 0.15) is 46.1 Å². The first kappa shape index (κ1) is 15.3. The van der Waals surface area contributed by atoms with Crippen LogP contribution in [0.5, 0.6) is 0 Å². The summed E-state index contributed by atoms with van der Waals surface area (Å²) >= 11 is 0. The van der Waals surface area contributed by atoms with E-state index in [-0.39, 0.29) is 0 Å². The summed E-state index contributed by atoms with van der Waals surface area (Å²) in [5.41, 5.74) is 1.73. The molecule has 1 aliphatic heterocycles. The first-order valence-corrected chi connectivity index (χ1v) is 7.87. The lowest BCUT2D eigenvalue weighted by molar-refractivity contribution is 0.291. The molecule has 2 rings (SSSR count). The number of hydrogen-bond donors (Lipinski definition) is 1. The third-order valence-corrected chi connectivity index (χ3v) is 3.94. The van der Waals surface area contributed by atoms with Crippen molar-refractivity contribution in [1.82, 2.24) is 10.3 Å². The quantitative estimate of drug-likeness (QED) is 0.892. The SMILES string of the molecule is CC(C)CNCc1cccnc1N1CCCC(C)(C)C1. The fourth-order valence-electron chi connectivity index (χ4n) is 2.95. The Labute approximate surface area is 123 Å². The molecule has 1 fully saturated rings. The molecule has 112 valence electrons. The third kappa shape index (κ3) is 4.20. The van der Waals surface area contributed by atoms with E-state index in [0.717, 1.165) is 26.2 Å². The summed E-state index contributed by atoms with van der Waals surface area (Å²) in [5, 5.41) is 3.53. The average molecular weight is 275 g/mol. The maximum Gasteiger partial charge on any atom is 0.133 e. The van der Waals surface area contributed by atoms with E-state index >= 15 is 0 Å². The molecule has 0 atom stereocenters. The molecule has 1 N–H and O–H groups in total. The Balaban J connectivity index is 2.07. The van der Waals surface area contributed by atoms with Crippen molar-refractivity contribution in [2.45, 2.75) is 47.1 Å². The standard InChI is InChI=1S/C17H29N3/c1-14(2)11-18-12-15-7-5-9-19-16(15)20-10-6-8-17(3,4)13-20/h5,7,9,14,18H,6,8,10-13H2,1-4H3. The van der Waals surface area contributed by atoms with Gasteiger partial charge in [-0.3, -0.25) is 0 Å². The molecular weight excluding hydrogens is 246 g/mol. The number of pyridine rings is 1. The molecule has 3 heteroatoms. The fourth-order valence-corrected chi connectivity index (χ4v) is 2.95. The number of anilines is 1. The maximum atomic E-state index is 4.65. The smallest absolute Gasteiger partial charge is 0.133 e. The molecular formula is C17H29N3. The number of hydrogen-bond acceptors (Lipinski definition) is 3. The molecule has 0 radical (unpaired) electrons. The van der Waals surface area contributed by atoms with E-state index in [0.29, 0.717) is 11.3 Å². The van der Waals surface area contributed by atoms with Gasteiger partial charge in [0.15, 0.2) is 0 Å². The van der Waals surface area contributed by atoms with Crippen molar-refractivity contribution >= 4 is 5.82 Å². The Morgan fingerprint density at radius 2 is 2.20 bits per heavy atom. The summed E-state index contributed by atoms with van der Waals surface area (Å²) in [4.78, 5) is 7.12. The summed E-state index contributed by atoms with van der Waals surface area (Å²) in [6, 6.07) is 4.25. The van der Waals surface area contributed by atoms with Crippen LogP contribution < -0.4 is 10.2 Å². The summed E-state index contributed by atoms with van der Waals surface area (Å²) in [5.74, 6) is 1.86. The van der Waals surface area contributed by atoms with E-state index in [2.05, 4.69) is 49.0 Å². The lowest BCUT2D eigenvalue weighted by Crippen LogP contribution is -2.41. The normalized spacial score (nSPS) is 18.6. The van der Waals surface area contributed by atoms with Crippen LogP contribution in [0.25, 0.3) is 0 Å². The molecule has 1 aromatic rings. The zero-order valence-corrected chi connectivity index (χ0v) is 13.4. The lowest BCUT2D eigenvalue weighted by Gasteiger charge is -2.39. The van der Waals surface area contributed by atoms with Crippen molar-refractivity contribution in [2.24, 2.45) is 11.3 Å². The average Bonchev–Trinajstić information content (AvgIpc) is 2.37. The Kier molecular flexibility index (Phi) is 5.03. The van der Waals surface area contributed by atoms with Gasteiger partial charge in [0.2, 0.25) is 0 Å². The fraction of sp³-hybridized carbons (Fsp3) is 0.706. The highest BCUT2D eigenvalue weighted by atomic mass is 15.2. The van der Waals surface area contributed by atoms with Gasteiger partial charge in [-0.1, -0.05) is 33.8 Å². The number of aromatic nitrogens is 1. The van der Waals surface area contributed by atoms with Gasteiger partial charge in [-0.15, -0.1) is 0 Å². The Hall–Kier alpha value is -1.09. The predicted octanol–water partition coefficient (Wildman–Crippen LogP) is 3.45. The summed E-state index contributed by atoms with van der Waals surface area (Å²) in [7, 11) is 0. The predicted molar refractivity (Wildman–Crippen MR) is 86.0 cm³/mol. The van der Waals surface area contributed by atoms with Crippen molar-refractivity contribution in [3.63, 3.8) is 0 Å². The third-order valence-electron chi connectivity index (χ3n) is 3.94. The first-order valence-electron chi connectivity index (χ1n) is 7.87. The van der Waals surface area contributed by atoms with Crippen LogP contribution in [-0.2, 0) is 6.54 Å². The van der Waals surface area contributed by atoms with Crippen LogP contribution in [0.15, 0.2) is 18.3 Å². The molecule has 0 aliphatic carbocycles. The Morgan fingerprint density at radius 1 is 1.40 bits per heavy atom. The highest BCUT2D eigenvalue weighted by Gasteiger charge is 2.27. The highest BCUT2D eigenvalue weighted by molar-refractivity contribution is 5.47. The van der Waals surface area contributed by atoms with Crippen molar-refractivity contribution in [2.75, 3.05) is 24.5 Å². The number of rotatable bonds is 5. The minimum Gasteiger partial charge on any atom is -0.356 e. The van der Waals surface area contributed by atoms with Gasteiger partial charge in [-0.2, -0.15) is 0 Å². The molecule has 0 bridgehead atoms. The van der Waals surface area contributed by atoms with Gasteiger partial charge in [0.1, 0.15) is 5.82 Å². The summed E-state index contributed by atoms with van der Waals surface area (Å²) in [6.45, 7) is 13.4. The van der Waals surface area contributed by atoms with Crippen LogP contribution in [0.4, 0.5) is 5.82 Å². The molecule has 20 heavy (non-hydrogen) atoms. The van der Waals surface area contributed by atoms with Crippen LogP contribution in [-0.4, -0.2) is 24.6 Å². The van der Waals surface area contributed by atoms with Crippen LogP contribution in [0.3, 0.4) is 0 Å². The van der Waals surface area contributed by atoms with Crippen LogP contribution in [0, 0.1) is 11.3 Å². The molecule has 0 unspecified atom stereocenters. The largest absolute Gasteiger partial charge is 0.356 e. The van der Waals surface area contributed by atoms with Gasteiger partial charge in [-0.25, -0.2) is 4.98 Å². The Morgan fingerprint density at radius 3 is 2.90 bits per heavy atom. The van der Waals surface area contributed by atoms with Crippen molar-refractivity contribution in [3.05, 3.63) is 23.9 Å². The highest BCUT2D eigenvalue weighted by Crippen LogP contribution is 2.31. The number of nitrogens with zero attached hydrogens (tertiary/aromatic N) is 2. The topological polar surface area (TPSA) is 28.2 Å². The van der Waals surface area contributed by atoms with Crippen LogP contribution in [0.2, 0.25) is 0 Å². The molecule has 0 amide bonds. The number of nitrogens with one attached hydrogen (secondary N) is 1. The van der Waals surface area contributed by atoms with E-state index in [4.69, 9.17) is 0 Å². The monoisotopic (exact) mass is 275 g/mol. The zero-order chi connectivity index (χ0) is 14.6. The Bertz CT molecular complexity index is 426. The van der Waals surface area contributed by atoms with Crippen molar-refractivity contribution < 1.29 is 0 Å². The van der Waals surface area contributed by atoms with E-state index in [1.165, 1.54) is 24.2 Å². The van der Waals surface area contributed by atoms with E-state index in [1.54, 1.807) is 0 Å². The minimum atomic E-state index is 0.401. The van der Waals surface area contributed by atoms with Gasteiger partial charge >= 0.3 is 0 Å². The van der Waals surface area contributed by atoms with Crippen molar-refractivity contribution in [3.8, 4) is 0 Å². The van der Waals surface area contributed by atoms with Gasteiger partial charge in [0.05, 0.1) is 0 Å². The molecule has 2 heterocycles. The lowest BCUT2D eigenvalue weighted by atomic mass is 9.84. The van der Waals surface area contributed by atoms with Crippen molar-refractivity contribution in [1.29, 1.82) is 0 Å². The molecule has 0 spiro atoms. The van der Waals surface area contributed by atoms with Gasteiger partial charge in [-0.05, 0) is 36.8 Å². The summed E-state index contributed by atoms with van der Waals surface area (Å²) < 4.78 is 0. The molecule has 1 aliphatic rings. The van der Waals surface area contributed by atoms with Gasteiger partial charge in [0, 0.05) is 31.4 Å². The van der Waals surface area contributed by atoms with E-state index in [1.807, 2.05) is 12.3 Å². The van der Waals surface area contributed by atoms with E-state index in [9.17, 15) is 0 Å². The second kappa shape index (κ2) is 6.57. The molecule has 3 nitrogen and oxygen atoms in total. The van der Waals surface area contributed by atoms with Gasteiger partial charge in [0.25, 0.3) is 0 Å². The van der Waals surface area contributed by atoms with Crippen LogP contribution >= 0.6 is 0 Å². The van der Waals surface area contributed by atoms with Gasteiger partial charge < -0.3 is 10.2 Å². The molecule has 0 aromatic carbocycles. The first-order chi connectivity index (χ1) is 9.48. The molecule has 1 saturated heterocycles.